The fourth-order valence-electron chi connectivity index (χ4n) is 4.07. The summed E-state index contributed by atoms with van der Waals surface area (Å²) in [7, 11) is 1.78. The van der Waals surface area contributed by atoms with Gasteiger partial charge in [0.25, 0.3) is 0 Å². The Balaban J connectivity index is 1.34. The lowest BCUT2D eigenvalue weighted by Gasteiger charge is -2.34. The summed E-state index contributed by atoms with van der Waals surface area (Å²) >= 11 is 0. The van der Waals surface area contributed by atoms with Gasteiger partial charge in [0.05, 0.1) is 19.8 Å². The molecule has 30 heavy (non-hydrogen) atoms. The maximum Gasteiger partial charge on any atom is 0.387 e. The fraction of sp³-hybridized carbons (Fsp3) is 0.682. The second kappa shape index (κ2) is 11.6. The molecule has 2 aliphatic heterocycles. The van der Waals surface area contributed by atoms with Crippen LogP contribution in [0.25, 0.3) is 0 Å². The van der Waals surface area contributed by atoms with E-state index in [1.807, 2.05) is 0 Å². The number of carbonyl (C=O) groups is 1. The van der Waals surface area contributed by atoms with Gasteiger partial charge < -0.3 is 14.4 Å². The van der Waals surface area contributed by atoms with Crippen molar-refractivity contribution in [3.05, 3.63) is 29.8 Å². The predicted molar refractivity (Wildman–Crippen MR) is 111 cm³/mol. The summed E-state index contributed by atoms with van der Waals surface area (Å²) in [6.07, 6.45) is 3.52. The number of halogens is 2. The zero-order chi connectivity index (χ0) is 21.3. The van der Waals surface area contributed by atoms with Crippen LogP contribution in [0.4, 0.5) is 8.78 Å². The molecular weight excluding hydrogens is 392 g/mol. The average Bonchev–Trinajstić information content (AvgIpc) is 2.75. The molecule has 0 N–H and O–H groups in total. The van der Waals surface area contributed by atoms with Crippen molar-refractivity contribution < 1.29 is 23.0 Å². The van der Waals surface area contributed by atoms with Crippen molar-refractivity contribution in [2.45, 2.75) is 32.4 Å². The Kier molecular flexibility index (Phi) is 8.84. The van der Waals surface area contributed by atoms with Crippen LogP contribution in [-0.2, 0) is 16.1 Å². The SMILES string of the molecule is CN(Cc1ccc(OC(F)F)cc1)C(=O)CN1CCC(CCN2CCOCC2)CC1. The first kappa shape index (κ1) is 22.9. The Morgan fingerprint density at radius 3 is 2.43 bits per heavy atom. The number of amides is 1. The lowest BCUT2D eigenvalue weighted by molar-refractivity contribution is -0.132. The zero-order valence-corrected chi connectivity index (χ0v) is 17.8. The monoisotopic (exact) mass is 425 g/mol. The summed E-state index contributed by atoms with van der Waals surface area (Å²) in [5.41, 5.74) is 0.884. The van der Waals surface area contributed by atoms with Crippen LogP contribution in [0.1, 0.15) is 24.8 Å². The molecule has 1 aromatic carbocycles. The molecule has 0 aromatic heterocycles. The van der Waals surface area contributed by atoms with Gasteiger partial charge in [-0.15, -0.1) is 0 Å². The number of carbonyl (C=O) groups excluding carboxylic acids is 1. The first-order valence-electron chi connectivity index (χ1n) is 10.8. The van der Waals surface area contributed by atoms with Gasteiger partial charge >= 0.3 is 6.61 Å². The number of morpholine rings is 1. The van der Waals surface area contributed by atoms with Gasteiger partial charge in [-0.05, 0) is 62.5 Å². The number of alkyl halides is 2. The van der Waals surface area contributed by atoms with Crippen LogP contribution in [0.15, 0.2) is 24.3 Å². The number of rotatable bonds is 9. The molecule has 1 amide bonds. The lowest BCUT2D eigenvalue weighted by atomic mass is 9.93. The molecule has 0 bridgehead atoms. The Morgan fingerprint density at radius 2 is 1.80 bits per heavy atom. The maximum atomic E-state index is 12.6. The van der Waals surface area contributed by atoms with E-state index in [0.717, 1.165) is 70.3 Å². The van der Waals surface area contributed by atoms with Crippen LogP contribution in [-0.4, -0.2) is 86.7 Å². The van der Waals surface area contributed by atoms with Crippen molar-refractivity contribution in [1.29, 1.82) is 0 Å². The second-order valence-corrected chi connectivity index (χ2v) is 8.23. The van der Waals surface area contributed by atoms with Crippen LogP contribution in [0.3, 0.4) is 0 Å². The minimum absolute atomic E-state index is 0.0784. The van der Waals surface area contributed by atoms with E-state index in [2.05, 4.69) is 14.5 Å². The summed E-state index contributed by atoms with van der Waals surface area (Å²) in [4.78, 5) is 19.0. The molecule has 3 rings (SSSR count). The fourth-order valence-corrected chi connectivity index (χ4v) is 4.07. The van der Waals surface area contributed by atoms with E-state index in [4.69, 9.17) is 4.74 Å². The van der Waals surface area contributed by atoms with Gasteiger partial charge in [-0.3, -0.25) is 14.6 Å². The molecule has 8 heteroatoms. The molecule has 0 aliphatic carbocycles. The van der Waals surface area contributed by atoms with E-state index in [1.165, 1.54) is 18.6 Å². The number of benzene rings is 1. The van der Waals surface area contributed by atoms with Crippen molar-refractivity contribution in [2.75, 3.05) is 59.5 Å². The molecule has 1 aromatic rings. The van der Waals surface area contributed by atoms with E-state index in [-0.39, 0.29) is 11.7 Å². The molecule has 0 spiro atoms. The molecule has 0 saturated carbocycles. The smallest absolute Gasteiger partial charge is 0.387 e. The molecular formula is C22H33F2N3O3. The van der Waals surface area contributed by atoms with Gasteiger partial charge in [-0.2, -0.15) is 8.78 Å². The van der Waals surface area contributed by atoms with Crippen molar-refractivity contribution in [3.63, 3.8) is 0 Å². The molecule has 0 atom stereocenters. The highest BCUT2D eigenvalue weighted by molar-refractivity contribution is 5.78. The van der Waals surface area contributed by atoms with E-state index in [9.17, 15) is 13.6 Å². The number of likely N-dealkylation sites (tertiary alicyclic amines) is 1. The van der Waals surface area contributed by atoms with Crippen LogP contribution in [0.2, 0.25) is 0 Å². The maximum absolute atomic E-state index is 12.6. The number of nitrogens with zero attached hydrogens (tertiary/aromatic N) is 3. The highest BCUT2D eigenvalue weighted by atomic mass is 19.3. The normalized spacial score (nSPS) is 19.2. The molecule has 6 nitrogen and oxygen atoms in total. The van der Waals surface area contributed by atoms with Crippen molar-refractivity contribution in [2.24, 2.45) is 5.92 Å². The molecule has 2 heterocycles. The summed E-state index contributed by atoms with van der Waals surface area (Å²) in [5, 5.41) is 0. The summed E-state index contributed by atoms with van der Waals surface area (Å²) in [5.74, 6) is 0.944. The Labute approximate surface area is 177 Å². The Bertz CT molecular complexity index is 646. The van der Waals surface area contributed by atoms with Gasteiger partial charge in [0.1, 0.15) is 5.75 Å². The largest absolute Gasteiger partial charge is 0.435 e. The number of hydrogen-bond acceptors (Lipinski definition) is 5. The number of likely N-dealkylation sites (N-methyl/N-ethyl adjacent to an activating group) is 1. The van der Waals surface area contributed by atoms with E-state index in [1.54, 1.807) is 24.1 Å². The Morgan fingerprint density at radius 1 is 1.13 bits per heavy atom. The van der Waals surface area contributed by atoms with Crippen LogP contribution >= 0.6 is 0 Å². The standard InChI is InChI=1S/C22H33F2N3O3/c1-25(16-19-2-4-20(5-3-19)30-22(23)24)21(28)17-27-10-7-18(8-11-27)6-9-26-12-14-29-15-13-26/h2-5,18,22H,6-17H2,1H3. The van der Waals surface area contributed by atoms with E-state index < -0.39 is 6.61 Å². The highest BCUT2D eigenvalue weighted by Crippen LogP contribution is 2.21. The highest BCUT2D eigenvalue weighted by Gasteiger charge is 2.23. The minimum atomic E-state index is -2.83. The molecule has 0 radical (unpaired) electrons. The number of piperidine rings is 1. The van der Waals surface area contributed by atoms with Gasteiger partial charge in [0, 0.05) is 26.7 Å². The molecule has 2 aliphatic rings. The predicted octanol–water partition coefficient (Wildman–Crippen LogP) is 2.68. The second-order valence-electron chi connectivity index (χ2n) is 8.23. The zero-order valence-electron chi connectivity index (χ0n) is 17.8. The first-order valence-corrected chi connectivity index (χ1v) is 10.8. The van der Waals surface area contributed by atoms with Gasteiger partial charge in [-0.1, -0.05) is 12.1 Å². The van der Waals surface area contributed by atoms with Crippen LogP contribution in [0, 0.1) is 5.92 Å². The quantitative estimate of drug-likeness (QED) is 0.609. The lowest BCUT2D eigenvalue weighted by Crippen LogP contribution is -2.42. The molecule has 168 valence electrons. The first-order chi connectivity index (χ1) is 14.5. The van der Waals surface area contributed by atoms with Crippen LogP contribution < -0.4 is 4.74 Å². The third-order valence-corrected chi connectivity index (χ3v) is 6.02. The molecule has 2 saturated heterocycles. The van der Waals surface area contributed by atoms with Gasteiger partial charge in [0.2, 0.25) is 5.91 Å². The molecule has 0 unspecified atom stereocenters. The van der Waals surface area contributed by atoms with Crippen LogP contribution in [0.5, 0.6) is 5.75 Å². The number of hydrogen-bond donors (Lipinski definition) is 0. The topological polar surface area (TPSA) is 45.2 Å². The summed E-state index contributed by atoms with van der Waals surface area (Å²) in [6.45, 7) is 4.91. The van der Waals surface area contributed by atoms with Crippen molar-refractivity contribution >= 4 is 5.91 Å². The van der Waals surface area contributed by atoms with E-state index >= 15 is 0 Å². The summed E-state index contributed by atoms with van der Waals surface area (Å²) < 4.78 is 34.2. The van der Waals surface area contributed by atoms with Gasteiger partial charge in [-0.25, -0.2) is 0 Å². The molecule has 2 fully saturated rings. The van der Waals surface area contributed by atoms with Gasteiger partial charge in [0.15, 0.2) is 0 Å². The minimum Gasteiger partial charge on any atom is -0.435 e. The summed E-state index contributed by atoms with van der Waals surface area (Å²) in [6, 6.07) is 6.42. The Hall–Kier alpha value is -1.77. The van der Waals surface area contributed by atoms with Crippen molar-refractivity contribution in [1.82, 2.24) is 14.7 Å². The number of ether oxygens (including phenoxy) is 2. The van der Waals surface area contributed by atoms with Crippen molar-refractivity contribution in [3.8, 4) is 5.75 Å². The average molecular weight is 426 g/mol. The third-order valence-electron chi connectivity index (χ3n) is 6.02. The van der Waals surface area contributed by atoms with E-state index in [0.29, 0.717) is 13.1 Å². The third kappa shape index (κ3) is 7.49.